The highest BCUT2D eigenvalue weighted by molar-refractivity contribution is 5.88. The van der Waals surface area contributed by atoms with E-state index < -0.39 is 10.9 Å². The molecule has 0 fully saturated rings. The predicted molar refractivity (Wildman–Crippen MR) is 110 cm³/mol. The Morgan fingerprint density at radius 2 is 1.69 bits per heavy atom. The summed E-state index contributed by atoms with van der Waals surface area (Å²) in [7, 11) is 0. The van der Waals surface area contributed by atoms with Crippen molar-refractivity contribution in [2.75, 3.05) is 0 Å². The zero-order chi connectivity index (χ0) is 20.6. The molecule has 3 rings (SSSR count). The number of nitro groups is 1. The minimum absolute atomic E-state index is 0.0648. The number of aryl methyl sites for hydroxylation is 1. The highest BCUT2D eigenvalue weighted by Gasteiger charge is 2.06. The van der Waals surface area contributed by atoms with E-state index >= 15 is 0 Å². The van der Waals surface area contributed by atoms with Crippen LogP contribution in [0.3, 0.4) is 0 Å². The summed E-state index contributed by atoms with van der Waals surface area (Å²) in [4.78, 5) is 22.0. The van der Waals surface area contributed by atoms with Crippen molar-refractivity contribution in [3.63, 3.8) is 0 Å². The third kappa shape index (κ3) is 6.04. The number of rotatable bonds is 7. The van der Waals surface area contributed by atoms with Gasteiger partial charge in [0, 0.05) is 18.2 Å². The Balaban J connectivity index is 1.52. The maximum atomic E-state index is 11.9. The van der Waals surface area contributed by atoms with Gasteiger partial charge in [0.2, 0.25) is 0 Å². The Hall–Kier alpha value is -3.93. The van der Waals surface area contributed by atoms with Gasteiger partial charge in [-0.2, -0.15) is 0 Å². The van der Waals surface area contributed by atoms with Crippen LogP contribution in [-0.2, 0) is 11.4 Å². The first-order valence-corrected chi connectivity index (χ1v) is 8.92. The molecular weight excluding hydrogens is 370 g/mol. The van der Waals surface area contributed by atoms with Crippen LogP contribution in [0.2, 0.25) is 0 Å². The van der Waals surface area contributed by atoms with E-state index in [1.165, 1.54) is 35.9 Å². The van der Waals surface area contributed by atoms with Crippen LogP contribution in [0.1, 0.15) is 16.7 Å². The van der Waals surface area contributed by atoms with Gasteiger partial charge in [-0.3, -0.25) is 10.1 Å². The number of nitrogens with zero attached hydrogens (tertiary/aromatic N) is 1. The smallest absolute Gasteiger partial charge is 0.336 e. The number of non-ortho nitro benzene ring substituents is 1. The van der Waals surface area contributed by atoms with E-state index in [9.17, 15) is 14.9 Å². The number of nitro benzene ring substituents is 1. The second-order valence-corrected chi connectivity index (χ2v) is 6.35. The van der Waals surface area contributed by atoms with Gasteiger partial charge < -0.3 is 9.47 Å². The number of benzene rings is 3. The molecule has 0 saturated carbocycles. The fourth-order valence-electron chi connectivity index (χ4n) is 2.59. The molecule has 0 N–H and O–H groups in total. The maximum absolute atomic E-state index is 11.9. The molecule has 0 heterocycles. The molecule has 0 bridgehead atoms. The molecule has 3 aromatic rings. The number of hydrogen-bond acceptors (Lipinski definition) is 5. The van der Waals surface area contributed by atoms with E-state index in [0.29, 0.717) is 6.61 Å². The Morgan fingerprint density at radius 1 is 1.00 bits per heavy atom. The molecule has 0 aliphatic carbocycles. The van der Waals surface area contributed by atoms with E-state index in [2.05, 4.69) is 6.07 Å². The minimum Gasteiger partial charge on any atom is -0.489 e. The SMILES string of the molecule is Cc1cccc(COc2ccc(/C=C/C(=O)Oc3ccc([N+](=O)[O-])cc3)cc2)c1. The van der Waals surface area contributed by atoms with Gasteiger partial charge >= 0.3 is 5.97 Å². The molecule has 0 aliphatic heterocycles. The van der Waals surface area contributed by atoms with Gasteiger partial charge in [0.25, 0.3) is 5.69 Å². The van der Waals surface area contributed by atoms with Crippen molar-refractivity contribution < 1.29 is 19.2 Å². The van der Waals surface area contributed by atoms with Gasteiger partial charge in [0.05, 0.1) is 4.92 Å². The van der Waals surface area contributed by atoms with Gasteiger partial charge in [0.15, 0.2) is 0 Å². The molecule has 6 heteroatoms. The molecule has 0 aliphatic rings. The summed E-state index contributed by atoms with van der Waals surface area (Å²) >= 11 is 0. The molecule has 146 valence electrons. The van der Waals surface area contributed by atoms with Crippen molar-refractivity contribution in [3.8, 4) is 11.5 Å². The van der Waals surface area contributed by atoms with E-state index in [4.69, 9.17) is 9.47 Å². The summed E-state index contributed by atoms with van der Waals surface area (Å²) in [6.45, 7) is 2.52. The molecule has 0 spiro atoms. The van der Waals surface area contributed by atoms with E-state index in [-0.39, 0.29) is 11.4 Å². The summed E-state index contributed by atoms with van der Waals surface area (Å²) in [5.41, 5.74) is 3.04. The van der Waals surface area contributed by atoms with Crippen molar-refractivity contribution in [1.29, 1.82) is 0 Å². The second-order valence-electron chi connectivity index (χ2n) is 6.35. The Morgan fingerprint density at radius 3 is 2.34 bits per heavy atom. The topological polar surface area (TPSA) is 78.7 Å². The summed E-state index contributed by atoms with van der Waals surface area (Å²) in [6.07, 6.45) is 2.92. The molecule has 3 aromatic carbocycles. The molecule has 0 unspecified atom stereocenters. The standard InChI is InChI=1S/C23H19NO5/c1-17-3-2-4-19(15-17)16-28-21-10-5-18(6-11-21)7-14-23(25)29-22-12-8-20(9-13-22)24(26)27/h2-15H,16H2,1H3/b14-7+. The molecule has 29 heavy (non-hydrogen) atoms. The van der Waals surface area contributed by atoms with Crippen LogP contribution in [0.5, 0.6) is 11.5 Å². The fourth-order valence-corrected chi connectivity index (χ4v) is 2.59. The first kappa shape index (κ1) is 19.8. The fraction of sp³-hybridized carbons (Fsp3) is 0.0870. The van der Waals surface area contributed by atoms with Gasteiger partial charge in [-0.15, -0.1) is 0 Å². The molecule has 0 aromatic heterocycles. The molecular formula is C23H19NO5. The molecule has 6 nitrogen and oxygen atoms in total. The highest BCUT2D eigenvalue weighted by Crippen LogP contribution is 2.18. The van der Waals surface area contributed by atoms with Crippen LogP contribution >= 0.6 is 0 Å². The van der Waals surface area contributed by atoms with Gasteiger partial charge in [0.1, 0.15) is 18.1 Å². The average Bonchev–Trinajstić information content (AvgIpc) is 2.72. The Kier molecular flexibility index (Phi) is 6.37. The number of carbonyl (C=O) groups is 1. The van der Waals surface area contributed by atoms with Crippen molar-refractivity contribution in [2.24, 2.45) is 0 Å². The van der Waals surface area contributed by atoms with Crippen LogP contribution in [-0.4, -0.2) is 10.9 Å². The lowest BCUT2D eigenvalue weighted by Gasteiger charge is -2.07. The lowest BCUT2D eigenvalue weighted by Crippen LogP contribution is -2.03. The number of carbonyl (C=O) groups excluding carboxylic acids is 1. The zero-order valence-electron chi connectivity index (χ0n) is 15.8. The third-order valence-corrected chi connectivity index (χ3v) is 4.05. The first-order chi connectivity index (χ1) is 14.0. The number of esters is 1. The van der Waals surface area contributed by atoms with Gasteiger partial charge in [-0.05, 0) is 48.4 Å². The Bertz CT molecular complexity index is 1020. The summed E-state index contributed by atoms with van der Waals surface area (Å²) in [5.74, 6) is 0.404. The average molecular weight is 389 g/mol. The largest absolute Gasteiger partial charge is 0.489 e. The molecule has 0 atom stereocenters. The normalized spacial score (nSPS) is 10.7. The van der Waals surface area contributed by atoms with Crippen molar-refractivity contribution >= 4 is 17.7 Å². The zero-order valence-corrected chi connectivity index (χ0v) is 15.8. The predicted octanol–water partition coefficient (Wildman–Crippen LogP) is 5.10. The minimum atomic E-state index is -0.571. The van der Waals surface area contributed by atoms with E-state index in [1.54, 1.807) is 6.08 Å². The van der Waals surface area contributed by atoms with E-state index in [1.807, 2.05) is 49.4 Å². The summed E-state index contributed by atoms with van der Waals surface area (Å²) < 4.78 is 10.9. The van der Waals surface area contributed by atoms with Crippen LogP contribution in [0.15, 0.2) is 78.9 Å². The van der Waals surface area contributed by atoms with Crippen LogP contribution < -0.4 is 9.47 Å². The Labute approximate surface area is 168 Å². The van der Waals surface area contributed by atoms with Crippen molar-refractivity contribution in [3.05, 3.63) is 106 Å². The lowest BCUT2D eigenvalue weighted by atomic mass is 10.1. The maximum Gasteiger partial charge on any atom is 0.336 e. The highest BCUT2D eigenvalue weighted by atomic mass is 16.6. The van der Waals surface area contributed by atoms with Crippen molar-refractivity contribution in [1.82, 2.24) is 0 Å². The molecule has 0 radical (unpaired) electrons. The third-order valence-electron chi connectivity index (χ3n) is 4.05. The van der Waals surface area contributed by atoms with Gasteiger partial charge in [-0.1, -0.05) is 42.0 Å². The van der Waals surface area contributed by atoms with E-state index in [0.717, 1.165) is 16.9 Å². The first-order valence-electron chi connectivity index (χ1n) is 8.92. The molecule has 0 saturated heterocycles. The van der Waals surface area contributed by atoms with Gasteiger partial charge in [-0.25, -0.2) is 4.79 Å². The number of hydrogen-bond donors (Lipinski definition) is 0. The second kappa shape index (κ2) is 9.32. The van der Waals surface area contributed by atoms with Crippen LogP contribution in [0, 0.1) is 17.0 Å². The summed E-state index contributed by atoms with van der Waals surface area (Å²) in [6, 6.07) is 20.8. The quantitative estimate of drug-likeness (QED) is 0.185. The van der Waals surface area contributed by atoms with Crippen molar-refractivity contribution in [2.45, 2.75) is 13.5 Å². The van der Waals surface area contributed by atoms with Crippen LogP contribution in [0.4, 0.5) is 5.69 Å². The summed E-state index contributed by atoms with van der Waals surface area (Å²) in [5, 5.41) is 10.6. The lowest BCUT2D eigenvalue weighted by molar-refractivity contribution is -0.384. The molecule has 0 amide bonds. The number of ether oxygens (including phenoxy) is 2. The monoisotopic (exact) mass is 389 g/mol. The van der Waals surface area contributed by atoms with Crippen LogP contribution in [0.25, 0.3) is 6.08 Å².